The average Bonchev–Trinajstić information content (AvgIpc) is 2.09. The van der Waals surface area contributed by atoms with Crippen LogP contribution in [-0.2, 0) is 9.53 Å². The van der Waals surface area contributed by atoms with E-state index in [2.05, 4.69) is 19.1 Å². The van der Waals surface area contributed by atoms with E-state index in [9.17, 15) is 4.79 Å². The lowest BCUT2D eigenvalue weighted by molar-refractivity contribution is -0.119. The minimum atomic E-state index is 0.0607. The summed E-state index contributed by atoms with van der Waals surface area (Å²) in [5, 5.41) is 0. The predicted molar refractivity (Wildman–Crippen MR) is 54.8 cm³/mol. The second-order valence-corrected chi connectivity index (χ2v) is 3.26. The highest BCUT2D eigenvalue weighted by Crippen LogP contribution is 2.05. The molecule has 0 bridgehead atoms. The van der Waals surface area contributed by atoms with Gasteiger partial charge in [0.05, 0.1) is 6.10 Å². The molecule has 13 heavy (non-hydrogen) atoms. The van der Waals surface area contributed by atoms with E-state index in [4.69, 9.17) is 4.74 Å². The van der Waals surface area contributed by atoms with Crippen molar-refractivity contribution in [2.24, 2.45) is 0 Å². The van der Waals surface area contributed by atoms with Gasteiger partial charge < -0.3 is 4.74 Å². The topological polar surface area (TPSA) is 26.3 Å². The molecular formula is C11H20O2. The van der Waals surface area contributed by atoms with Crippen LogP contribution in [0.15, 0.2) is 12.2 Å². The zero-order valence-corrected chi connectivity index (χ0v) is 8.88. The third kappa shape index (κ3) is 7.72. The quantitative estimate of drug-likeness (QED) is 0.569. The van der Waals surface area contributed by atoms with Crippen LogP contribution in [0.25, 0.3) is 0 Å². The van der Waals surface area contributed by atoms with E-state index in [0.29, 0.717) is 6.42 Å². The standard InChI is InChI=1S/C11H20O2/c1-4-5-6-7-8-11(13-3)9-10(2)12/h6-7,11H,4-5,8-9H2,1-3H3. The molecule has 0 heterocycles. The molecule has 76 valence electrons. The summed E-state index contributed by atoms with van der Waals surface area (Å²) in [6.45, 7) is 3.75. The van der Waals surface area contributed by atoms with Crippen molar-refractivity contribution in [3.8, 4) is 0 Å². The van der Waals surface area contributed by atoms with Gasteiger partial charge in [-0.05, 0) is 19.8 Å². The molecule has 0 aromatic heterocycles. The number of ether oxygens (including phenoxy) is 1. The van der Waals surface area contributed by atoms with Crippen LogP contribution in [0.1, 0.15) is 39.5 Å². The summed E-state index contributed by atoms with van der Waals surface area (Å²) < 4.78 is 5.17. The van der Waals surface area contributed by atoms with Crippen molar-refractivity contribution in [2.75, 3.05) is 7.11 Å². The number of Topliss-reactive ketones (excluding diaryl/α,β-unsaturated/α-hetero) is 1. The van der Waals surface area contributed by atoms with Crippen molar-refractivity contribution in [2.45, 2.75) is 45.6 Å². The first-order valence-electron chi connectivity index (χ1n) is 4.88. The Morgan fingerprint density at radius 2 is 2.15 bits per heavy atom. The summed E-state index contributed by atoms with van der Waals surface area (Å²) in [6.07, 6.45) is 7.94. The molecule has 2 heteroatoms. The summed E-state index contributed by atoms with van der Waals surface area (Å²) in [6, 6.07) is 0. The highest BCUT2D eigenvalue weighted by atomic mass is 16.5. The Bertz CT molecular complexity index is 161. The highest BCUT2D eigenvalue weighted by Gasteiger charge is 2.07. The number of hydrogen-bond donors (Lipinski definition) is 0. The molecule has 0 saturated heterocycles. The number of hydrogen-bond acceptors (Lipinski definition) is 2. The van der Waals surface area contributed by atoms with Crippen molar-refractivity contribution >= 4 is 5.78 Å². The maximum absolute atomic E-state index is 10.8. The fourth-order valence-electron chi connectivity index (χ4n) is 1.12. The van der Waals surface area contributed by atoms with Gasteiger partial charge in [-0.1, -0.05) is 25.5 Å². The van der Waals surface area contributed by atoms with Crippen molar-refractivity contribution in [3.63, 3.8) is 0 Å². The predicted octanol–water partition coefficient (Wildman–Crippen LogP) is 2.73. The lowest BCUT2D eigenvalue weighted by atomic mass is 10.1. The molecule has 0 saturated carbocycles. The van der Waals surface area contributed by atoms with Gasteiger partial charge in [0.25, 0.3) is 0 Å². The van der Waals surface area contributed by atoms with Crippen LogP contribution in [0.2, 0.25) is 0 Å². The van der Waals surface area contributed by atoms with E-state index in [1.165, 1.54) is 6.42 Å². The molecule has 1 unspecified atom stereocenters. The molecule has 0 aliphatic heterocycles. The van der Waals surface area contributed by atoms with Gasteiger partial charge in [-0.3, -0.25) is 4.79 Å². The molecule has 1 atom stereocenters. The largest absolute Gasteiger partial charge is 0.381 e. The zero-order chi connectivity index (χ0) is 10.1. The number of unbranched alkanes of at least 4 members (excludes halogenated alkanes) is 1. The number of methoxy groups -OCH3 is 1. The maximum atomic E-state index is 10.8. The van der Waals surface area contributed by atoms with E-state index in [1.54, 1.807) is 14.0 Å². The van der Waals surface area contributed by atoms with Gasteiger partial charge in [0.15, 0.2) is 0 Å². The Kier molecular flexibility index (Phi) is 7.60. The second-order valence-electron chi connectivity index (χ2n) is 3.26. The molecular weight excluding hydrogens is 164 g/mol. The normalized spacial score (nSPS) is 13.5. The van der Waals surface area contributed by atoms with E-state index >= 15 is 0 Å². The van der Waals surface area contributed by atoms with Crippen molar-refractivity contribution in [1.29, 1.82) is 0 Å². The first-order chi connectivity index (χ1) is 6.20. The minimum Gasteiger partial charge on any atom is -0.381 e. The van der Waals surface area contributed by atoms with Gasteiger partial charge in [-0.2, -0.15) is 0 Å². The number of rotatable bonds is 7. The Hall–Kier alpha value is -0.630. The van der Waals surface area contributed by atoms with Crippen LogP contribution >= 0.6 is 0 Å². The van der Waals surface area contributed by atoms with Gasteiger partial charge in [-0.15, -0.1) is 0 Å². The maximum Gasteiger partial charge on any atom is 0.132 e. The van der Waals surface area contributed by atoms with Gasteiger partial charge in [0, 0.05) is 13.5 Å². The third-order valence-corrected chi connectivity index (χ3v) is 1.87. The highest BCUT2D eigenvalue weighted by molar-refractivity contribution is 5.75. The molecule has 2 nitrogen and oxygen atoms in total. The van der Waals surface area contributed by atoms with Crippen molar-refractivity contribution < 1.29 is 9.53 Å². The lowest BCUT2D eigenvalue weighted by Crippen LogP contribution is -2.13. The van der Waals surface area contributed by atoms with Crippen LogP contribution in [0.4, 0.5) is 0 Å². The van der Waals surface area contributed by atoms with E-state index < -0.39 is 0 Å². The lowest BCUT2D eigenvalue weighted by Gasteiger charge is -2.10. The van der Waals surface area contributed by atoms with Crippen LogP contribution < -0.4 is 0 Å². The summed E-state index contributed by atoms with van der Waals surface area (Å²) in [5.41, 5.74) is 0. The molecule has 0 N–H and O–H groups in total. The van der Waals surface area contributed by atoms with E-state index in [0.717, 1.165) is 12.8 Å². The molecule has 0 aromatic rings. The van der Waals surface area contributed by atoms with Crippen LogP contribution in [-0.4, -0.2) is 19.0 Å². The van der Waals surface area contributed by atoms with Gasteiger partial charge in [0.2, 0.25) is 0 Å². The third-order valence-electron chi connectivity index (χ3n) is 1.87. The molecule has 0 aromatic carbocycles. The summed E-state index contributed by atoms with van der Waals surface area (Å²) in [7, 11) is 1.65. The van der Waals surface area contributed by atoms with Gasteiger partial charge in [-0.25, -0.2) is 0 Å². The van der Waals surface area contributed by atoms with Crippen molar-refractivity contribution in [1.82, 2.24) is 0 Å². The summed E-state index contributed by atoms with van der Waals surface area (Å²) in [4.78, 5) is 10.8. The van der Waals surface area contributed by atoms with Crippen LogP contribution in [0.5, 0.6) is 0 Å². The molecule has 0 radical (unpaired) electrons. The fourth-order valence-corrected chi connectivity index (χ4v) is 1.12. The number of carbonyl (C=O) groups excluding carboxylic acids is 1. The molecule has 0 fully saturated rings. The van der Waals surface area contributed by atoms with E-state index in [1.807, 2.05) is 0 Å². The Balaban J connectivity index is 3.64. The average molecular weight is 184 g/mol. The fraction of sp³-hybridized carbons (Fsp3) is 0.727. The summed E-state index contributed by atoms with van der Waals surface area (Å²) >= 11 is 0. The number of carbonyl (C=O) groups is 1. The number of ketones is 1. The molecule has 0 rings (SSSR count). The van der Waals surface area contributed by atoms with Crippen LogP contribution in [0, 0.1) is 0 Å². The second kappa shape index (κ2) is 7.99. The Morgan fingerprint density at radius 3 is 2.62 bits per heavy atom. The van der Waals surface area contributed by atoms with Crippen LogP contribution in [0.3, 0.4) is 0 Å². The molecule has 0 aliphatic carbocycles. The van der Waals surface area contributed by atoms with Gasteiger partial charge >= 0.3 is 0 Å². The summed E-state index contributed by atoms with van der Waals surface area (Å²) in [5.74, 6) is 0.191. The van der Waals surface area contributed by atoms with Crippen molar-refractivity contribution in [3.05, 3.63) is 12.2 Å². The first-order valence-corrected chi connectivity index (χ1v) is 4.88. The monoisotopic (exact) mass is 184 g/mol. The van der Waals surface area contributed by atoms with Gasteiger partial charge in [0.1, 0.15) is 5.78 Å². The zero-order valence-electron chi connectivity index (χ0n) is 8.88. The Morgan fingerprint density at radius 1 is 1.46 bits per heavy atom. The molecule has 0 spiro atoms. The minimum absolute atomic E-state index is 0.0607. The van der Waals surface area contributed by atoms with E-state index in [-0.39, 0.29) is 11.9 Å². The number of allylic oxidation sites excluding steroid dienone is 1. The Labute approximate surface area is 81.0 Å². The first kappa shape index (κ1) is 12.4. The molecule has 0 aliphatic rings. The molecule has 0 amide bonds. The SMILES string of the molecule is CCCC=CCC(CC(C)=O)OC. The smallest absolute Gasteiger partial charge is 0.132 e.